The smallest absolute Gasteiger partial charge is 0.131 e. The van der Waals surface area contributed by atoms with E-state index in [0.29, 0.717) is 5.56 Å². The van der Waals surface area contributed by atoms with Crippen molar-refractivity contribution < 1.29 is 23.9 Å². The third-order valence-corrected chi connectivity index (χ3v) is 1.90. The van der Waals surface area contributed by atoms with Gasteiger partial charge in [0.1, 0.15) is 5.82 Å². The van der Waals surface area contributed by atoms with Crippen molar-refractivity contribution in [2.45, 2.75) is 0 Å². The van der Waals surface area contributed by atoms with Gasteiger partial charge in [-0.25, -0.2) is 4.39 Å². The van der Waals surface area contributed by atoms with Gasteiger partial charge in [0.15, 0.2) is 0 Å². The molecule has 0 unspecified atom stereocenters. The molecule has 2 rings (SSSR count). The van der Waals surface area contributed by atoms with Crippen molar-refractivity contribution in [3.05, 3.63) is 60.4 Å². The molecule has 0 N–H and O–H groups in total. The molecule has 0 amide bonds. The monoisotopic (exact) mass is 235 g/mol. The summed E-state index contributed by atoms with van der Waals surface area (Å²) in [5.41, 5.74) is 1.52. The first-order valence-corrected chi connectivity index (χ1v) is 4.09. The van der Waals surface area contributed by atoms with Crippen LogP contribution in [0.15, 0.2) is 48.5 Å². The molecule has 0 aliphatic heterocycles. The van der Waals surface area contributed by atoms with Crippen LogP contribution in [0.1, 0.15) is 0 Å². The van der Waals surface area contributed by atoms with Gasteiger partial charge in [-0.3, -0.25) is 0 Å². The van der Waals surface area contributed by atoms with Crippen LogP contribution in [0.2, 0.25) is 0 Å². The van der Waals surface area contributed by atoms with Crippen LogP contribution >= 0.6 is 0 Å². The molecule has 0 bridgehead atoms. The topological polar surface area (TPSA) is 0 Å². The van der Waals surface area contributed by atoms with Gasteiger partial charge in [0, 0.05) is 25.0 Å². The van der Waals surface area contributed by atoms with Crippen LogP contribution in [-0.2, 0) is 19.5 Å². The molecule has 2 heteroatoms. The van der Waals surface area contributed by atoms with Crippen molar-refractivity contribution in [3.8, 4) is 11.1 Å². The predicted octanol–water partition coefficient (Wildman–Crippen LogP) is 3.29. The first-order valence-electron chi connectivity index (χ1n) is 4.09. The first kappa shape index (κ1) is 11.1. The van der Waals surface area contributed by atoms with Gasteiger partial charge in [0.25, 0.3) is 0 Å². The molecule has 0 spiro atoms. The van der Waals surface area contributed by atoms with Gasteiger partial charge in [-0.2, -0.15) is 0 Å². The largest absolute Gasteiger partial charge is 0.206 e. The minimum Gasteiger partial charge on any atom is -0.206 e. The summed E-state index contributed by atoms with van der Waals surface area (Å²) in [5, 5.41) is 0. The van der Waals surface area contributed by atoms with Crippen molar-refractivity contribution in [3.63, 3.8) is 0 Å². The quantitative estimate of drug-likeness (QED) is 0.667. The molecule has 0 fully saturated rings. The third kappa shape index (κ3) is 2.27. The average molecular weight is 237 g/mol. The Morgan fingerprint density at radius 3 is 2.36 bits per heavy atom. The zero-order valence-electron chi connectivity index (χ0n) is 7.70. The maximum Gasteiger partial charge on any atom is 0.131 e. The second-order valence-electron chi connectivity index (χ2n) is 2.77. The van der Waals surface area contributed by atoms with Crippen molar-refractivity contribution in [1.29, 1.82) is 0 Å². The van der Waals surface area contributed by atoms with E-state index < -0.39 is 0 Å². The molecule has 1 radical (unpaired) electrons. The minimum atomic E-state index is -0.228. The molecule has 0 aliphatic rings. The second kappa shape index (κ2) is 5.02. The molecule has 14 heavy (non-hydrogen) atoms. The summed E-state index contributed by atoms with van der Waals surface area (Å²) in [6.45, 7) is 0. The van der Waals surface area contributed by atoms with Gasteiger partial charge in [0.05, 0.1) is 0 Å². The van der Waals surface area contributed by atoms with Gasteiger partial charge in [-0.15, -0.1) is 0 Å². The molecular formula is C12H8FZn. The second-order valence-corrected chi connectivity index (χ2v) is 2.77. The van der Waals surface area contributed by atoms with Crippen molar-refractivity contribution >= 4 is 0 Å². The van der Waals surface area contributed by atoms with Crippen LogP contribution in [0.25, 0.3) is 11.1 Å². The van der Waals surface area contributed by atoms with Gasteiger partial charge in [-0.1, -0.05) is 42.5 Å². The fraction of sp³-hybridized carbons (Fsp3) is 0. The Labute approximate surface area is 95.5 Å². The molecule has 0 heterocycles. The third-order valence-electron chi connectivity index (χ3n) is 1.90. The van der Waals surface area contributed by atoms with Crippen LogP contribution in [0, 0.1) is 11.9 Å². The molecular weight excluding hydrogens is 229 g/mol. The molecule has 0 nitrogen and oxygen atoms in total. The molecule has 0 aromatic heterocycles. The van der Waals surface area contributed by atoms with Crippen LogP contribution in [0.3, 0.4) is 0 Å². The van der Waals surface area contributed by atoms with E-state index in [-0.39, 0.29) is 25.3 Å². The van der Waals surface area contributed by atoms with E-state index in [0.717, 1.165) is 5.56 Å². The maximum absolute atomic E-state index is 13.2. The zero-order valence-corrected chi connectivity index (χ0v) is 10.7. The number of halogens is 1. The van der Waals surface area contributed by atoms with Gasteiger partial charge < -0.3 is 0 Å². The van der Waals surface area contributed by atoms with E-state index in [1.54, 1.807) is 12.1 Å². The van der Waals surface area contributed by atoms with Crippen LogP contribution < -0.4 is 0 Å². The normalized spacial score (nSPS) is 9.21. The van der Waals surface area contributed by atoms with Crippen molar-refractivity contribution in [1.82, 2.24) is 0 Å². The van der Waals surface area contributed by atoms with Gasteiger partial charge in [0.2, 0.25) is 0 Å². The van der Waals surface area contributed by atoms with Gasteiger partial charge >= 0.3 is 0 Å². The fourth-order valence-corrected chi connectivity index (χ4v) is 1.26. The van der Waals surface area contributed by atoms with Gasteiger partial charge in [-0.05, 0) is 17.7 Å². The Bertz CT molecular complexity index is 398. The molecule has 0 aliphatic carbocycles. The molecule has 0 atom stereocenters. The standard InChI is InChI=1S/C12H8F.Zn/c13-12-9-5-4-8-11(12)10-6-2-1-3-7-10;/h1-4,6-9H;. The Balaban J connectivity index is 0.000000980. The Morgan fingerprint density at radius 1 is 1.00 bits per heavy atom. The summed E-state index contributed by atoms with van der Waals surface area (Å²) in [6.07, 6.45) is 0. The van der Waals surface area contributed by atoms with Crippen molar-refractivity contribution in [2.24, 2.45) is 0 Å². The average Bonchev–Trinajstić information content (AvgIpc) is 2.20. The summed E-state index contributed by atoms with van der Waals surface area (Å²) in [7, 11) is 0. The van der Waals surface area contributed by atoms with Crippen LogP contribution in [0.5, 0.6) is 0 Å². The summed E-state index contributed by atoms with van der Waals surface area (Å²) in [5.74, 6) is -0.228. The molecule has 65 valence electrons. The summed E-state index contributed by atoms with van der Waals surface area (Å²) < 4.78 is 13.2. The predicted molar refractivity (Wildman–Crippen MR) is 50.7 cm³/mol. The van der Waals surface area contributed by atoms with E-state index in [1.165, 1.54) is 6.07 Å². The van der Waals surface area contributed by atoms with E-state index in [9.17, 15) is 4.39 Å². The van der Waals surface area contributed by atoms with E-state index in [1.807, 2.05) is 30.3 Å². The van der Waals surface area contributed by atoms with Crippen LogP contribution in [0.4, 0.5) is 4.39 Å². The van der Waals surface area contributed by atoms with Crippen LogP contribution in [-0.4, -0.2) is 0 Å². The number of benzene rings is 2. The SMILES string of the molecule is Fc1c[c]ccc1-c1ccccc1.[Zn]. The molecule has 0 saturated heterocycles. The summed E-state index contributed by atoms with van der Waals surface area (Å²) >= 11 is 0. The number of rotatable bonds is 1. The Hall–Kier alpha value is -1.01. The van der Waals surface area contributed by atoms with E-state index >= 15 is 0 Å². The summed E-state index contributed by atoms with van der Waals surface area (Å²) in [4.78, 5) is 0. The minimum absolute atomic E-state index is 0. The summed E-state index contributed by atoms with van der Waals surface area (Å²) in [6, 6.07) is 17.0. The van der Waals surface area contributed by atoms with Crippen molar-refractivity contribution in [2.75, 3.05) is 0 Å². The number of hydrogen-bond acceptors (Lipinski definition) is 0. The molecule has 2 aromatic carbocycles. The Morgan fingerprint density at radius 2 is 1.71 bits per heavy atom. The fourth-order valence-electron chi connectivity index (χ4n) is 1.26. The molecule has 0 saturated carbocycles. The first-order chi connectivity index (χ1) is 6.38. The van der Waals surface area contributed by atoms with E-state index in [4.69, 9.17) is 0 Å². The number of hydrogen-bond donors (Lipinski definition) is 0. The maximum atomic E-state index is 13.2. The zero-order chi connectivity index (χ0) is 9.10. The molecule has 2 aromatic rings. The van der Waals surface area contributed by atoms with E-state index in [2.05, 4.69) is 6.07 Å². The Kier molecular flexibility index (Phi) is 3.97.